The summed E-state index contributed by atoms with van der Waals surface area (Å²) in [7, 11) is 1.62. The molecule has 4 rings (SSSR count). The molecule has 0 atom stereocenters. The molecule has 0 aliphatic heterocycles. The highest BCUT2D eigenvalue weighted by molar-refractivity contribution is 14.1. The van der Waals surface area contributed by atoms with Crippen LogP contribution in [0.1, 0.15) is 5.56 Å². The molecule has 0 amide bonds. The Morgan fingerprint density at radius 1 is 1.12 bits per heavy atom. The van der Waals surface area contributed by atoms with Gasteiger partial charge in [-0.3, -0.25) is 4.79 Å². The van der Waals surface area contributed by atoms with Crippen LogP contribution in [0.3, 0.4) is 0 Å². The van der Waals surface area contributed by atoms with Crippen LogP contribution in [0.25, 0.3) is 22.4 Å². The summed E-state index contributed by atoms with van der Waals surface area (Å²) in [4.78, 5) is 17.6. The van der Waals surface area contributed by atoms with E-state index in [9.17, 15) is 4.79 Å². The van der Waals surface area contributed by atoms with Gasteiger partial charge in [-0.15, -0.1) is 5.10 Å². The van der Waals surface area contributed by atoms with Crippen LogP contribution in [0.4, 0.5) is 0 Å². The molecule has 0 N–H and O–H groups in total. The summed E-state index contributed by atoms with van der Waals surface area (Å²) in [6, 6.07) is 15.4. The maximum Gasteiger partial charge on any atom is 0.291 e. The minimum Gasteiger partial charge on any atom is -0.497 e. The zero-order valence-electron chi connectivity index (χ0n) is 13.1. The van der Waals surface area contributed by atoms with Crippen LogP contribution in [-0.2, 0) is 0 Å². The van der Waals surface area contributed by atoms with Gasteiger partial charge in [0.15, 0.2) is 5.82 Å². The van der Waals surface area contributed by atoms with Crippen molar-refractivity contribution in [1.29, 1.82) is 0 Å². The highest BCUT2D eigenvalue weighted by atomic mass is 127. The van der Waals surface area contributed by atoms with Crippen molar-refractivity contribution in [3.05, 3.63) is 72.6 Å². The van der Waals surface area contributed by atoms with Gasteiger partial charge >= 0.3 is 0 Å². The standard InChI is InChI=1S/C18H12IN3O2S/c1-24-14-8-4-12(5-9-14)16-20-18-22(21-16)17(23)15(25-18)10-11-2-6-13(19)7-3-11/h2-10H,1H3/b15-10+. The van der Waals surface area contributed by atoms with E-state index in [-0.39, 0.29) is 5.56 Å². The van der Waals surface area contributed by atoms with Crippen LogP contribution >= 0.6 is 33.9 Å². The number of hydrogen-bond acceptors (Lipinski definition) is 5. The average molecular weight is 461 g/mol. The Balaban J connectivity index is 1.76. The fourth-order valence-electron chi connectivity index (χ4n) is 2.41. The monoisotopic (exact) mass is 461 g/mol. The van der Waals surface area contributed by atoms with E-state index in [0.29, 0.717) is 15.3 Å². The number of aromatic nitrogens is 3. The zero-order valence-corrected chi connectivity index (χ0v) is 16.1. The SMILES string of the molecule is COc1ccc(-c2nc3s/c(=C/c4ccc(I)cc4)c(=O)n3n2)cc1. The lowest BCUT2D eigenvalue weighted by atomic mass is 10.2. The third kappa shape index (κ3) is 3.16. The van der Waals surface area contributed by atoms with E-state index < -0.39 is 0 Å². The summed E-state index contributed by atoms with van der Waals surface area (Å²) in [5.41, 5.74) is 1.68. The number of rotatable bonds is 3. The summed E-state index contributed by atoms with van der Waals surface area (Å²) >= 11 is 3.59. The molecule has 0 saturated carbocycles. The molecule has 0 bridgehead atoms. The van der Waals surface area contributed by atoms with Gasteiger partial charge in [0, 0.05) is 9.13 Å². The van der Waals surface area contributed by atoms with E-state index in [1.807, 2.05) is 54.6 Å². The minimum atomic E-state index is -0.147. The molecule has 0 radical (unpaired) electrons. The Bertz CT molecular complexity index is 1150. The van der Waals surface area contributed by atoms with Gasteiger partial charge in [-0.25, -0.2) is 0 Å². The molecular formula is C18H12IN3O2S. The largest absolute Gasteiger partial charge is 0.497 e. The third-order valence-electron chi connectivity index (χ3n) is 3.70. The van der Waals surface area contributed by atoms with Crippen molar-refractivity contribution in [2.24, 2.45) is 0 Å². The number of benzene rings is 2. The van der Waals surface area contributed by atoms with E-state index in [2.05, 4.69) is 32.7 Å². The molecule has 0 aliphatic carbocycles. The summed E-state index contributed by atoms with van der Waals surface area (Å²) < 4.78 is 8.29. The van der Waals surface area contributed by atoms with E-state index >= 15 is 0 Å². The molecule has 0 fully saturated rings. The molecule has 5 nitrogen and oxygen atoms in total. The molecular weight excluding hydrogens is 449 g/mol. The number of methoxy groups -OCH3 is 1. The molecule has 0 spiro atoms. The highest BCUT2D eigenvalue weighted by Crippen LogP contribution is 2.20. The second-order valence-corrected chi connectivity index (χ2v) is 7.58. The zero-order chi connectivity index (χ0) is 17.4. The quantitative estimate of drug-likeness (QED) is 0.441. The first-order chi connectivity index (χ1) is 12.1. The second-order valence-electron chi connectivity index (χ2n) is 5.33. The first-order valence-corrected chi connectivity index (χ1v) is 9.35. The Labute approximate surface area is 160 Å². The topological polar surface area (TPSA) is 56.5 Å². The fourth-order valence-corrected chi connectivity index (χ4v) is 3.67. The minimum absolute atomic E-state index is 0.147. The third-order valence-corrected chi connectivity index (χ3v) is 5.38. The number of hydrogen-bond donors (Lipinski definition) is 0. The van der Waals surface area contributed by atoms with Gasteiger partial charge in [0.25, 0.3) is 5.56 Å². The molecule has 4 aromatic rings. The summed E-state index contributed by atoms with van der Waals surface area (Å²) in [5.74, 6) is 1.30. The molecule has 25 heavy (non-hydrogen) atoms. The Morgan fingerprint density at radius 2 is 1.84 bits per heavy atom. The number of thiazole rings is 1. The molecule has 0 aliphatic rings. The van der Waals surface area contributed by atoms with Gasteiger partial charge in [0.1, 0.15) is 5.75 Å². The Kier molecular flexibility index (Phi) is 4.26. The van der Waals surface area contributed by atoms with Crippen molar-refractivity contribution in [2.75, 3.05) is 7.11 Å². The molecule has 124 valence electrons. The number of fused-ring (bicyclic) bond motifs is 1. The molecule has 7 heteroatoms. The van der Waals surface area contributed by atoms with E-state index in [4.69, 9.17) is 4.74 Å². The summed E-state index contributed by atoms with van der Waals surface area (Å²) in [5, 5.41) is 4.36. The van der Waals surface area contributed by atoms with E-state index in [1.165, 1.54) is 15.9 Å². The van der Waals surface area contributed by atoms with E-state index in [0.717, 1.165) is 20.4 Å². The molecule has 0 unspecified atom stereocenters. The Hall–Kier alpha value is -2.26. The average Bonchev–Trinajstić information content (AvgIpc) is 3.17. The van der Waals surface area contributed by atoms with Gasteiger partial charge in [-0.2, -0.15) is 9.50 Å². The van der Waals surface area contributed by atoms with Crippen LogP contribution in [0.15, 0.2) is 53.3 Å². The van der Waals surface area contributed by atoms with Gasteiger partial charge < -0.3 is 4.74 Å². The molecule has 2 aromatic heterocycles. The number of nitrogens with zero attached hydrogens (tertiary/aromatic N) is 3. The van der Waals surface area contributed by atoms with Crippen molar-refractivity contribution in [1.82, 2.24) is 14.6 Å². The molecule has 2 aromatic carbocycles. The summed E-state index contributed by atoms with van der Waals surface area (Å²) in [6.07, 6.45) is 1.87. The Morgan fingerprint density at radius 3 is 2.48 bits per heavy atom. The normalized spacial score (nSPS) is 12.0. The predicted molar refractivity (Wildman–Crippen MR) is 107 cm³/mol. The van der Waals surface area contributed by atoms with Crippen molar-refractivity contribution in [3.63, 3.8) is 0 Å². The van der Waals surface area contributed by atoms with Gasteiger partial charge in [0.05, 0.1) is 11.6 Å². The first-order valence-electron chi connectivity index (χ1n) is 7.45. The van der Waals surface area contributed by atoms with Crippen LogP contribution in [0.5, 0.6) is 5.75 Å². The molecule has 0 saturated heterocycles. The smallest absolute Gasteiger partial charge is 0.291 e. The first kappa shape index (κ1) is 16.2. The van der Waals surface area contributed by atoms with Crippen molar-refractivity contribution in [3.8, 4) is 17.1 Å². The van der Waals surface area contributed by atoms with Crippen molar-refractivity contribution in [2.45, 2.75) is 0 Å². The number of ether oxygens (including phenoxy) is 1. The highest BCUT2D eigenvalue weighted by Gasteiger charge is 2.12. The lowest BCUT2D eigenvalue weighted by Crippen LogP contribution is -2.23. The predicted octanol–water partition coefficient (Wildman–Crippen LogP) is 2.98. The van der Waals surface area contributed by atoms with Gasteiger partial charge in [0.2, 0.25) is 4.96 Å². The number of halogens is 1. The fraction of sp³-hybridized carbons (Fsp3) is 0.0556. The maximum atomic E-state index is 12.6. The van der Waals surface area contributed by atoms with Crippen LogP contribution in [0.2, 0.25) is 0 Å². The van der Waals surface area contributed by atoms with Crippen molar-refractivity contribution < 1.29 is 4.74 Å². The lowest BCUT2D eigenvalue weighted by Gasteiger charge is -1.99. The lowest BCUT2D eigenvalue weighted by molar-refractivity contribution is 0.415. The van der Waals surface area contributed by atoms with E-state index in [1.54, 1.807) is 7.11 Å². The van der Waals surface area contributed by atoms with Crippen LogP contribution in [-0.4, -0.2) is 21.7 Å². The van der Waals surface area contributed by atoms with Gasteiger partial charge in [-0.1, -0.05) is 23.5 Å². The maximum absolute atomic E-state index is 12.6. The van der Waals surface area contributed by atoms with Crippen molar-refractivity contribution >= 4 is 45.0 Å². The van der Waals surface area contributed by atoms with Gasteiger partial charge in [-0.05, 0) is 70.6 Å². The molecule has 2 heterocycles. The van der Waals surface area contributed by atoms with Crippen LogP contribution in [0, 0.1) is 3.57 Å². The second kappa shape index (κ2) is 6.57. The van der Waals surface area contributed by atoms with Crippen LogP contribution < -0.4 is 14.8 Å². The summed E-state index contributed by atoms with van der Waals surface area (Å²) in [6.45, 7) is 0.